The summed E-state index contributed by atoms with van der Waals surface area (Å²) in [5, 5.41) is 3.49. The van der Waals surface area contributed by atoms with E-state index >= 15 is 0 Å². The van der Waals surface area contributed by atoms with Gasteiger partial charge in [-0.25, -0.2) is 4.99 Å². The molecule has 1 fully saturated rings. The number of amidine groups is 1. The van der Waals surface area contributed by atoms with Gasteiger partial charge < -0.3 is 10.2 Å². The fraction of sp³-hybridized carbons (Fsp3) is 0.280. The van der Waals surface area contributed by atoms with E-state index < -0.39 is 0 Å². The number of amides is 1. The van der Waals surface area contributed by atoms with Gasteiger partial charge in [0.05, 0.1) is 16.1 Å². The third kappa shape index (κ3) is 3.82. The largest absolute Gasteiger partial charge is 0.363 e. The number of benzene rings is 2. The van der Waals surface area contributed by atoms with Crippen LogP contribution in [-0.2, 0) is 4.79 Å². The molecule has 0 spiro atoms. The molecular formula is C25H27N3OS. The van der Waals surface area contributed by atoms with Gasteiger partial charge >= 0.3 is 0 Å². The Morgan fingerprint density at radius 1 is 1.17 bits per heavy atom. The van der Waals surface area contributed by atoms with Crippen LogP contribution >= 0.6 is 11.8 Å². The number of aryl methyl sites for hydroxylation is 1. The molecule has 30 heavy (non-hydrogen) atoms. The topological polar surface area (TPSA) is 44.7 Å². The zero-order valence-corrected chi connectivity index (χ0v) is 18.9. The average molecular weight is 418 g/mol. The second-order valence-electron chi connectivity index (χ2n) is 8.27. The van der Waals surface area contributed by atoms with E-state index in [4.69, 9.17) is 0 Å². The van der Waals surface area contributed by atoms with E-state index in [9.17, 15) is 4.79 Å². The number of carbonyl (C=O) groups excluding carboxylic acids is 1. The molecule has 0 saturated carbocycles. The molecule has 1 N–H and O–H groups in total. The lowest BCUT2D eigenvalue weighted by molar-refractivity contribution is -0.115. The Morgan fingerprint density at radius 2 is 1.90 bits per heavy atom. The minimum atomic E-state index is -0.101. The number of allylic oxidation sites excluding steroid dienone is 1. The van der Waals surface area contributed by atoms with Crippen molar-refractivity contribution in [2.75, 3.05) is 11.4 Å². The fourth-order valence-corrected chi connectivity index (χ4v) is 5.05. The minimum Gasteiger partial charge on any atom is -0.363 e. The molecule has 2 heterocycles. The number of likely N-dealkylation sites (N-methyl/N-ethyl adjacent to an activating group) is 1. The van der Waals surface area contributed by atoms with E-state index in [1.165, 1.54) is 28.6 Å². The predicted octanol–water partition coefficient (Wildman–Crippen LogP) is 5.91. The molecule has 4 rings (SSSR count). The quantitative estimate of drug-likeness (QED) is 0.632. The fourth-order valence-electron chi connectivity index (χ4n) is 4.22. The van der Waals surface area contributed by atoms with Crippen LogP contribution in [-0.4, -0.2) is 23.2 Å². The average Bonchev–Trinajstić information content (AvgIpc) is 3.02. The van der Waals surface area contributed by atoms with Crippen molar-refractivity contribution in [1.82, 2.24) is 5.32 Å². The second-order valence-corrected chi connectivity index (χ2v) is 9.30. The molecule has 5 heteroatoms. The van der Waals surface area contributed by atoms with Crippen LogP contribution in [0, 0.1) is 6.92 Å². The number of anilines is 1. The highest BCUT2D eigenvalue weighted by molar-refractivity contribution is 8.18. The van der Waals surface area contributed by atoms with E-state index in [2.05, 4.69) is 68.0 Å². The zero-order chi connectivity index (χ0) is 21.5. The van der Waals surface area contributed by atoms with Crippen molar-refractivity contribution in [3.05, 3.63) is 70.1 Å². The number of nitrogens with one attached hydrogen (secondary N) is 1. The van der Waals surface area contributed by atoms with Gasteiger partial charge in [0.25, 0.3) is 5.91 Å². The number of fused-ring (bicyclic) bond motifs is 1. The third-order valence-corrected chi connectivity index (χ3v) is 6.52. The molecule has 2 aliphatic rings. The Balaban J connectivity index is 1.69. The van der Waals surface area contributed by atoms with Crippen LogP contribution in [0.25, 0.3) is 11.6 Å². The Bertz CT molecular complexity index is 1100. The lowest BCUT2D eigenvalue weighted by Gasteiger charge is -2.43. The summed E-state index contributed by atoms with van der Waals surface area (Å²) in [6.07, 6.45) is 4.30. The Kier molecular flexibility index (Phi) is 5.33. The summed E-state index contributed by atoms with van der Waals surface area (Å²) in [5.41, 5.74) is 6.81. The third-order valence-electron chi connectivity index (χ3n) is 5.61. The van der Waals surface area contributed by atoms with Crippen LogP contribution in [0.3, 0.4) is 0 Å². The molecule has 0 aliphatic carbocycles. The Labute approximate surface area is 182 Å². The lowest BCUT2D eigenvalue weighted by atomic mass is 9.87. The van der Waals surface area contributed by atoms with E-state index in [0.717, 1.165) is 23.4 Å². The number of para-hydroxylation sites is 1. The van der Waals surface area contributed by atoms with Crippen LogP contribution in [0.5, 0.6) is 0 Å². The van der Waals surface area contributed by atoms with Crippen LogP contribution in [0.15, 0.2) is 58.4 Å². The number of hydrogen-bond donors (Lipinski definition) is 1. The second kappa shape index (κ2) is 7.80. The summed E-state index contributed by atoms with van der Waals surface area (Å²) in [6, 6.07) is 14.1. The Hall–Kier alpha value is -2.79. The number of rotatable bonds is 3. The first-order valence-corrected chi connectivity index (χ1v) is 11.1. The molecule has 0 atom stereocenters. The molecule has 1 saturated heterocycles. The maximum atomic E-state index is 12.5. The van der Waals surface area contributed by atoms with E-state index in [-0.39, 0.29) is 11.4 Å². The van der Waals surface area contributed by atoms with Crippen LogP contribution in [0.1, 0.15) is 44.4 Å². The van der Waals surface area contributed by atoms with Gasteiger partial charge in [-0.05, 0) is 93.4 Å². The molecule has 2 aromatic carbocycles. The number of nitrogens with zero attached hydrogens (tertiary/aromatic N) is 2. The van der Waals surface area contributed by atoms with Crippen molar-refractivity contribution < 1.29 is 4.79 Å². The first-order valence-electron chi connectivity index (χ1n) is 10.3. The van der Waals surface area contributed by atoms with Gasteiger partial charge in [-0.15, -0.1) is 0 Å². The monoisotopic (exact) mass is 417 g/mol. The first-order chi connectivity index (χ1) is 14.3. The number of carbonyl (C=O) groups is 1. The highest BCUT2D eigenvalue weighted by Gasteiger charge is 2.31. The van der Waals surface area contributed by atoms with Crippen molar-refractivity contribution in [3.8, 4) is 0 Å². The van der Waals surface area contributed by atoms with E-state index in [1.54, 1.807) is 0 Å². The van der Waals surface area contributed by atoms with Gasteiger partial charge in [0.15, 0.2) is 5.17 Å². The minimum absolute atomic E-state index is 0.0117. The van der Waals surface area contributed by atoms with Gasteiger partial charge in [-0.2, -0.15) is 0 Å². The van der Waals surface area contributed by atoms with E-state index in [1.807, 2.05) is 36.4 Å². The maximum Gasteiger partial charge on any atom is 0.264 e. The van der Waals surface area contributed by atoms with Gasteiger partial charge in [-0.3, -0.25) is 4.79 Å². The van der Waals surface area contributed by atoms with Gasteiger partial charge in [-0.1, -0.05) is 24.3 Å². The van der Waals surface area contributed by atoms with Gasteiger partial charge in [0.1, 0.15) is 0 Å². The highest BCUT2D eigenvalue weighted by atomic mass is 32.2. The molecule has 0 bridgehead atoms. The summed E-state index contributed by atoms with van der Waals surface area (Å²) in [4.78, 5) is 20.2. The van der Waals surface area contributed by atoms with Crippen molar-refractivity contribution >= 4 is 45.9 Å². The van der Waals surface area contributed by atoms with Crippen LogP contribution < -0.4 is 10.2 Å². The van der Waals surface area contributed by atoms with E-state index in [0.29, 0.717) is 10.1 Å². The first kappa shape index (κ1) is 20.5. The molecule has 2 aliphatic heterocycles. The van der Waals surface area contributed by atoms with Gasteiger partial charge in [0, 0.05) is 17.8 Å². The molecule has 0 aromatic heterocycles. The molecule has 2 aromatic rings. The number of thioether (sulfide) groups is 1. The van der Waals surface area contributed by atoms with Crippen molar-refractivity contribution in [2.24, 2.45) is 4.99 Å². The highest BCUT2D eigenvalue weighted by Crippen LogP contribution is 2.41. The van der Waals surface area contributed by atoms with Crippen molar-refractivity contribution in [2.45, 2.75) is 40.2 Å². The molecule has 4 nitrogen and oxygen atoms in total. The SMILES string of the molecule is CCN1c2cc(C)c(/C=C3/SC(=Nc4ccccc4)NC3=O)cc2C(C)=CC1(C)C. The summed E-state index contributed by atoms with van der Waals surface area (Å²) in [5.74, 6) is -0.101. The summed E-state index contributed by atoms with van der Waals surface area (Å²) >= 11 is 1.39. The lowest BCUT2D eigenvalue weighted by Crippen LogP contribution is -2.44. The summed E-state index contributed by atoms with van der Waals surface area (Å²) < 4.78 is 0. The van der Waals surface area contributed by atoms with Crippen molar-refractivity contribution in [1.29, 1.82) is 0 Å². The maximum absolute atomic E-state index is 12.5. The Morgan fingerprint density at radius 3 is 2.60 bits per heavy atom. The molecule has 1 amide bonds. The number of aliphatic imine (C=N–C) groups is 1. The normalized spacial score (nSPS) is 20.4. The molecule has 154 valence electrons. The standard InChI is InChI=1S/C25H27N3OS/c1-6-28-21-12-16(2)18(13-20(21)17(3)15-25(28,4)5)14-22-23(29)27-24(30-22)26-19-10-8-7-9-11-19/h7-15H,6H2,1-5H3,(H,26,27,29)/b22-14+. The molecular weight excluding hydrogens is 390 g/mol. The number of hydrogen-bond acceptors (Lipinski definition) is 4. The van der Waals surface area contributed by atoms with Crippen molar-refractivity contribution in [3.63, 3.8) is 0 Å². The summed E-state index contributed by atoms with van der Waals surface area (Å²) in [6.45, 7) is 11.9. The smallest absolute Gasteiger partial charge is 0.264 e. The summed E-state index contributed by atoms with van der Waals surface area (Å²) in [7, 11) is 0. The van der Waals surface area contributed by atoms with Gasteiger partial charge in [0.2, 0.25) is 0 Å². The zero-order valence-electron chi connectivity index (χ0n) is 18.1. The van der Waals surface area contributed by atoms with Crippen LogP contribution in [0.2, 0.25) is 0 Å². The molecule has 0 radical (unpaired) electrons. The predicted molar refractivity (Wildman–Crippen MR) is 129 cm³/mol. The van der Waals surface area contributed by atoms with Crippen LogP contribution in [0.4, 0.5) is 11.4 Å². The molecule has 0 unspecified atom stereocenters.